The monoisotopic (exact) mass is 378 g/mol. The Labute approximate surface area is 158 Å². The molecule has 146 valence electrons. The maximum absolute atomic E-state index is 13.8. The Balaban J connectivity index is 2.15. The first-order valence-electron chi connectivity index (χ1n) is 9.35. The van der Waals surface area contributed by atoms with Gasteiger partial charge in [-0.2, -0.15) is 13.2 Å². The van der Waals surface area contributed by atoms with E-state index in [2.05, 4.69) is 10.2 Å². The molecule has 27 heavy (non-hydrogen) atoms. The van der Waals surface area contributed by atoms with Crippen LogP contribution in [0.3, 0.4) is 0 Å². The number of alkyl halides is 3. The molecule has 1 saturated heterocycles. The molecule has 3 rings (SSSR count). The molecule has 0 amide bonds. The van der Waals surface area contributed by atoms with Crippen molar-refractivity contribution in [1.29, 1.82) is 0 Å². The summed E-state index contributed by atoms with van der Waals surface area (Å²) >= 11 is 0. The topological polar surface area (TPSA) is 24.5 Å². The van der Waals surface area contributed by atoms with E-state index in [0.29, 0.717) is 18.9 Å². The van der Waals surface area contributed by atoms with Crippen LogP contribution in [-0.4, -0.2) is 37.7 Å². The van der Waals surface area contributed by atoms with Gasteiger partial charge in [0.1, 0.15) is 5.75 Å². The zero-order valence-corrected chi connectivity index (χ0v) is 15.4. The average Bonchev–Trinajstić information content (AvgIpc) is 2.93. The molecule has 0 aliphatic carbocycles. The Hall–Kier alpha value is -2.05. The van der Waals surface area contributed by atoms with Crippen molar-refractivity contribution in [2.24, 2.45) is 0 Å². The number of benzene rings is 2. The number of halogens is 3. The van der Waals surface area contributed by atoms with Crippen LogP contribution in [-0.2, 0) is 6.18 Å². The summed E-state index contributed by atoms with van der Waals surface area (Å²) in [5.74, 6) is 0.638. The normalized spacial score (nSPS) is 17.3. The van der Waals surface area contributed by atoms with Crippen molar-refractivity contribution in [3.05, 3.63) is 65.2 Å². The molecule has 1 heterocycles. The fraction of sp³-hybridized carbons (Fsp3) is 0.429. The molecule has 2 aromatic rings. The van der Waals surface area contributed by atoms with E-state index < -0.39 is 17.8 Å². The third-order valence-electron chi connectivity index (χ3n) is 4.81. The van der Waals surface area contributed by atoms with Crippen LogP contribution in [0.5, 0.6) is 5.75 Å². The number of nitrogens with one attached hydrogen (secondary N) is 1. The lowest BCUT2D eigenvalue weighted by Gasteiger charge is -2.33. The van der Waals surface area contributed by atoms with Crippen LogP contribution in [0.15, 0.2) is 48.5 Å². The molecule has 2 aromatic carbocycles. The van der Waals surface area contributed by atoms with Crippen molar-refractivity contribution in [2.75, 3.05) is 32.8 Å². The summed E-state index contributed by atoms with van der Waals surface area (Å²) in [5.41, 5.74) is 0.468. The summed E-state index contributed by atoms with van der Waals surface area (Å²) in [4.78, 5) is 2.13. The van der Waals surface area contributed by atoms with Gasteiger partial charge in [0, 0.05) is 25.2 Å². The molecule has 3 nitrogen and oxygen atoms in total. The lowest BCUT2D eigenvalue weighted by Crippen LogP contribution is -2.34. The van der Waals surface area contributed by atoms with Gasteiger partial charge in [-0.05, 0) is 37.6 Å². The van der Waals surface area contributed by atoms with Gasteiger partial charge in [-0.3, -0.25) is 4.90 Å². The molecule has 0 bridgehead atoms. The quantitative estimate of drug-likeness (QED) is 0.830. The van der Waals surface area contributed by atoms with Gasteiger partial charge in [0.25, 0.3) is 0 Å². The minimum Gasteiger partial charge on any atom is -0.494 e. The van der Waals surface area contributed by atoms with Crippen molar-refractivity contribution in [1.82, 2.24) is 10.2 Å². The molecule has 0 saturated carbocycles. The van der Waals surface area contributed by atoms with Crippen LogP contribution in [0.25, 0.3) is 0 Å². The van der Waals surface area contributed by atoms with Gasteiger partial charge >= 0.3 is 6.18 Å². The zero-order chi connectivity index (χ0) is 19.3. The van der Waals surface area contributed by atoms with Gasteiger partial charge in [0.2, 0.25) is 0 Å². The highest BCUT2D eigenvalue weighted by Gasteiger charge is 2.37. The molecule has 1 aliphatic heterocycles. The van der Waals surface area contributed by atoms with E-state index in [4.69, 9.17) is 4.74 Å². The fourth-order valence-corrected chi connectivity index (χ4v) is 3.67. The lowest BCUT2D eigenvalue weighted by molar-refractivity contribution is -0.138. The second kappa shape index (κ2) is 8.76. The average molecular weight is 378 g/mol. The highest BCUT2D eigenvalue weighted by atomic mass is 19.4. The Morgan fingerprint density at radius 3 is 2.44 bits per heavy atom. The number of rotatable bonds is 5. The van der Waals surface area contributed by atoms with Gasteiger partial charge < -0.3 is 10.1 Å². The number of nitrogens with zero attached hydrogens (tertiary/aromatic N) is 1. The van der Waals surface area contributed by atoms with Crippen molar-refractivity contribution in [3.63, 3.8) is 0 Å². The van der Waals surface area contributed by atoms with Crippen LogP contribution in [0.1, 0.15) is 36.1 Å². The Morgan fingerprint density at radius 2 is 1.70 bits per heavy atom. The highest BCUT2D eigenvalue weighted by molar-refractivity contribution is 5.45. The number of hydrogen-bond donors (Lipinski definition) is 1. The third-order valence-corrected chi connectivity index (χ3v) is 4.81. The standard InChI is InChI=1S/C21H25F3N2O/c1-2-27-19-11-6-4-9-17(19)20(26-14-7-12-25-13-15-26)16-8-3-5-10-18(16)21(22,23)24/h3-6,8-11,20,25H,2,7,12-15H2,1H3. The van der Waals surface area contributed by atoms with E-state index in [1.165, 1.54) is 12.1 Å². The highest BCUT2D eigenvalue weighted by Crippen LogP contribution is 2.41. The summed E-state index contributed by atoms with van der Waals surface area (Å²) in [6.07, 6.45) is -3.51. The summed E-state index contributed by atoms with van der Waals surface area (Å²) < 4.78 is 47.0. The van der Waals surface area contributed by atoms with E-state index >= 15 is 0 Å². The maximum Gasteiger partial charge on any atom is 0.416 e. The Bertz CT molecular complexity index is 740. The van der Waals surface area contributed by atoms with E-state index in [9.17, 15) is 13.2 Å². The summed E-state index contributed by atoms with van der Waals surface area (Å²) in [5, 5.41) is 3.32. The predicted octanol–water partition coefficient (Wildman–Crippen LogP) is 4.49. The molecular weight excluding hydrogens is 353 g/mol. The van der Waals surface area contributed by atoms with Crippen molar-refractivity contribution in [2.45, 2.75) is 25.6 Å². The largest absolute Gasteiger partial charge is 0.494 e. The van der Waals surface area contributed by atoms with E-state index in [1.54, 1.807) is 12.1 Å². The zero-order valence-electron chi connectivity index (χ0n) is 15.4. The number of ether oxygens (including phenoxy) is 1. The summed E-state index contributed by atoms with van der Waals surface area (Å²) in [7, 11) is 0. The molecule has 6 heteroatoms. The molecule has 0 spiro atoms. The SMILES string of the molecule is CCOc1ccccc1C(c1ccccc1C(F)(F)F)N1CCCNCC1. The van der Waals surface area contributed by atoms with Crippen LogP contribution >= 0.6 is 0 Å². The predicted molar refractivity (Wildman–Crippen MR) is 100.0 cm³/mol. The Kier molecular flexibility index (Phi) is 6.39. The molecule has 1 atom stereocenters. The van der Waals surface area contributed by atoms with Crippen LogP contribution in [0.2, 0.25) is 0 Å². The van der Waals surface area contributed by atoms with Crippen molar-refractivity contribution in [3.8, 4) is 5.75 Å². The minimum absolute atomic E-state index is 0.277. The molecule has 1 fully saturated rings. The smallest absolute Gasteiger partial charge is 0.416 e. The van der Waals surface area contributed by atoms with Gasteiger partial charge in [-0.15, -0.1) is 0 Å². The lowest BCUT2D eigenvalue weighted by atomic mass is 9.92. The molecule has 1 aliphatic rings. The second-order valence-corrected chi connectivity index (χ2v) is 6.60. The van der Waals surface area contributed by atoms with Crippen LogP contribution in [0.4, 0.5) is 13.2 Å². The minimum atomic E-state index is -4.40. The molecule has 1 N–H and O–H groups in total. The molecule has 1 unspecified atom stereocenters. The molecular formula is C21H25F3N2O. The van der Waals surface area contributed by atoms with Gasteiger partial charge in [0.15, 0.2) is 0 Å². The first-order valence-corrected chi connectivity index (χ1v) is 9.35. The second-order valence-electron chi connectivity index (χ2n) is 6.60. The fourth-order valence-electron chi connectivity index (χ4n) is 3.67. The third kappa shape index (κ3) is 4.62. The number of hydrogen-bond acceptors (Lipinski definition) is 3. The van der Waals surface area contributed by atoms with E-state index in [-0.39, 0.29) is 5.56 Å². The molecule has 0 radical (unpaired) electrons. The Morgan fingerprint density at radius 1 is 1.00 bits per heavy atom. The van der Waals surface area contributed by atoms with E-state index in [1.807, 2.05) is 31.2 Å². The first-order chi connectivity index (χ1) is 13.0. The van der Waals surface area contributed by atoms with Crippen molar-refractivity contribution >= 4 is 0 Å². The van der Waals surface area contributed by atoms with E-state index in [0.717, 1.165) is 31.6 Å². The van der Waals surface area contributed by atoms with Crippen LogP contribution in [0, 0.1) is 0 Å². The van der Waals surface area contributed by atoms with Gasteiger partial charge in [-0.25, -0.2) is 0 Å². The number of para-hydroxylation sites is 1. The summed E-state index contributed by atoms with van der Waals surface area (Å²) in [6.45, 7) is 5.37. The first kappa shape index (κ1) is 19.7. The van der Waals surface area contributed by atoms with Gasteiger partial charge in [0.05, 0.1) is 18.2 Å². The van der Waals surface area contributed by atoms with Crippen molar-refractivity contribution < 1.29 is 17.9 Å². The van der Waals surface area contributed by atoms with Crippen LogP contribution < -0.4 is 10.1 Å². The molecule has 0 aromatic heterocycles. The summed E-state index contributed by atoms with van der Waals surface area (Å²) in [6, 6.07) is 12.8. The maximum atomic E-state index is 13.8. The van der Waals surface area contributed by atoms with Gasteiger partial charge in [-0.1, -0.05) is 36.4 Å².